The molecule has 26 heavy (non-hydrogen) atoms. The molecule has 1 fully saturated rings. The third-order valence-electron chi connectivity index (χ3n) is 4.78. The van der Waals surface area contributed by atoms with E-state index < -0.39 is 6.10 Å². The second-order valence-corrected chi connectivity index (χ2v) is 6.73. The fraction of sp³-hybridized carbons (Fsp3) is 0.250. The van der Waals surface area contributed by atoms with Crippen LogP contribution in [0.1, 0.15) is 30.6 Å². The van der Waals surface area contributed by atoms with Gasteiger partial charge in [0.2, 0.25) is 0 Å². The highest BCUT2D eigenvalue weighted by Gasteiger charge is 2.20. The van der Waals surface area contributed by atoms with Gasteiger partial charge < -0.3 is 5.11 Å². The predicted octanol–water partition coefficient (Wildman–Crippen LogP) is 5.05. The summed E-state index contributed by atoms with van der Waals surface area (Å²) in [6.45, 7) is 5.06. The van der Waals surface area contributed by atoms with Gasteiger partial charge in [-0.05, 0) is 35.6 Å². The molecule has 2 heteroatoms. The second kappa shape index (κ2) is 9.33. The van der Waals surface area contributed by atoms with Crippen LogP contribution in [0.15, 0.2) is 96.1 Å². The second-order valence-electron chi connectivity index (χ2n) is 6.73. The molecule has 1 aliphatic heterocycles. The molecule has 0 amide bonds. The zero-order valence-electron chi connectivity index (χ0n) is 15.4. The van der Waals surface area contributed by atoms with Gasteiger partial charge in [-0.1, -0.05) is 85.0 Å². The van der Waals surface area contributed by atoms with Crippen LogP contribution in [0.3, 0.4) is 0 Å². The third-order valence-corrected chi connectivity index (χ3v) is 4.78. The van der Waals surface area contributed by atoms with Gasteiger partial charge in [0.25, 0.3) is 0 Å². The third kappa shape index (κ3) is 5.04. The Kier molecular flexibility index (Phi) is 6.59. The summed E-state index contributed by atoms with van der Waals surface area (Å²) in [4.78, 5) is 2.46. The zero-order valence-corrected chi connectivity index (χ0v) is 15.4. The maximum atomic E-state index is 10.2. The van der Waals surface area contributed by atoms with E-state index >= 15 is 0 Å². The van der Waals surface area contributed by atoms with Crippen LogP contribution < -0.4 is 0 Å². The van der Waals surface area contributed by atoms with Crippen LogP contribution in [0, 0.1) is 0 Å². The fourth-order valence-electron chi connectivity index (χ4n) is 3.33. The van der Waals surface area contributed by atoms with E-state index in [-0.39, 0.29) is 0 Å². The van der Waals surface area contributed by atoms with Crippen LogP contribution >= 0.6 is 0 Å². The van der Waals surface area contributed by atoms with Crippen LogP contribution in [0.4, 0.5) is 0 Å². The van der Waals surface area contributed by atoms with Crippen molar-refractivity contribution < 1.29 is 5.11 Å². The van der Waals surface area contributed by atoms with Crippen LogP contribution in [0.25, 0.3) is 0 Å². The molecule has 0 bridgehead atoms. The van der Waals surface area contributed by atoms with Crippen molar-refractivity contribution in [2.75, 3.05) is 13.1 Å². The molecule has 1 saturated heterocycles. The molecule has 0 aliphatic carbocycles. The monoisotopic (exact) mass is 345 g/mol. The molecule has 1 heterocycles. The first-order chi connectivity index (χ1) is 12.8. The molecule has 134 valence electrons. The maximum Gasteiger partial charge on any atom is 0.0824 e. The number of likely N-dealkylation sites (tertiary alicyclic amines) is 1. The number of rotatable bonds is 6. The topological polar surface area (TPSA) is 23.5 Å². The highest BCUT2D eigenvalue weighted by Crippen LogP contribution is 2.24. The van der Waals surface area contributed by atoms with Crippen LogP contribution in [-0.2, 0) is 6.54 Å². The Hall–Kier alpha value is -2.42. The largest absolute Gasteiger partial charge is 0.388 e. The van der Waals surface area contributed by atoms with Gasteiger partial charge >= 0.3 is 0 Å². The van der Waals surface area contributed by atoms with Gasteiger partial charge in [0.1, 0.15) is 0 Å². The van der Waals surface area contributed by atoms with E-state index in [1.807, 2.05) is 30.3 Å². The van der Waals surface area contributed by atoms with Gasteiger partial charge in [0, 0.05) is 19.6 Å². The van der Waals surface area contributed by atoms with Gasteiger partial charge in [-0.15, -0.1) is 0 Å². The summed E-state index contributed by atoms with van der Waals surface area (Å²) in [5, 5.41) is 10.2. The molecule has 0 radical (unpaired) electrons. The smallest absolute Gasteiger partial charge is 0.0824 e. The first-order valence-electron chi connectivity index (χ1n) is 9.27. The van der Waals surface area contributed by atoms with Gasteiger partial charge in [-0.3, -0.25) is 4.90 Å². The number of benzene rings is 2. The highest BCUT2D eigenvalue weighted by molar-refractivity contribution is 5.40. The van der Waals surface area contributed by atoms with Gasteiger partial charge in [0.15, 0.2) is 0 Å². The fourth-order valence-corrected chi connectivity index (χ4v) is 3.33. The number of hydrogen-bond acceptors (Lipinski definition) is 2. The maximum absolute atomic E-state index is 10.2. The Morgan fingerprint density at radius 3 is 2.31 bits per heavy atom. The van der Waals surface area contributed by atoms with E-state index in [1.54, 1.807) is 0 Å². The van der Waals surface area contributed by atoms with E-state index in [0.29, 0.717) is 6.42 Å². The number of hydrogen-bond donors (Lipinski definition) is 1. The molecule has 1 aliphatic rings. The Morgan fingerprint density at radius 1 is 0.962 bits per heavy atom. The van der Waals surface area contributed by atoms with Gasteiger partial charge in [-0.2, -0.15) is 0 Å². The first kappa shape index (κ1) is 18.4. The van der Waals surface area contributed by atoms with Gasteiger partial charge in [0.05, 0.1) is 6.10 Å². The Balaban J connectivity index is 1.57. The van der Waals surface area contributed by atoms with Crippen LogP contribution in [-0.4, -0.2) is 23.1 Å². The molecule has 2 nitrogen and oxygen atoms in total. The lowest BCUT2D eigenvalue weighted by atomic mass is 10.1. The normalized spacial score (nSPS) is 19.6. The molecule has 2 aromatic rings. The molecule has 3 rings (SSSR count). The molecular weight excluding hydrogens is 318 g/mol. The summed E-state index contributed by atoms with van der Waals surface area (Å²) in [6, 6.07) is 20.4. The van der Waals surface area contributed by atoms with Crippen molar-refractivity contribution in [3.05, 3.63) is 107 Å². The Labute approximate surface area is 156 Å². The van der Waals surface area contributed by atoms with E-state index in [9.17, 15) is 5.11 Å². The summed E-state index contributed by atoms with van der Waals surface area (Å²) in [6.07, 6.45) is 8.73. The van der Waals surface area contributed by atoms with Crippen molar-refractivity contribution in [3.63, 3.8) is 0 Å². The Morgan fingerprint density at radius 2 is 1.62 bits per heavy atom. The highest BCUT2D eigenvalue weighted by atomic mass is 16.3. The standard InChI is InChI=1S/C24H27NO/c1-2-21-18-25(17-20-11-5-3-6-12-20)19-23(21)15-9-10-16-24(26)22-13-7-4-8-14-22/h2-15,24,26H,16-19H2,1H3/b10-9+,21-2+,23-15+. The number of allylic oxidation sites excluding steroid dienone is 3. The lowest BCUT2D eigenvalue weighted by Gasteiger charge is -2.13. The quantitative estimate of drug-likeness (QED) is 0.791. The molecule has 1 atom stereocenters. The average Bonchev–Trinajstić information content (AvgIpc) is 3.08. The predicted molar refractivity (Wildman–Crippen MR) is 109 cm³/mol. The van der Waals surface area contributed by atoms with Crippen molar-refractivity contribution in [2.24, 2.45) is 0 Å². The molecule has 1 unspecified atom stereocenters. The molecule has 2 aromatic carbocycles. The lowest BCUT2D eigenvalue weighted by molar-refractivity contribution is 0.181. The summed E-state index contributed by atoms with van der Waals surface area (Å²) >= 11 is 0. The Bertz CT molecular complexity index is 774. The molecule has 1 N–H and O–H groups in total. The van der Waals surface area contributed by atoms with E-state index in [1.165, 1.54) is 16.7 Å². The minimum absolute atomic E-state index is 0.440. The average molecular weight is 345 g/mol. The van der Waals surface area contributed by atoms with Crippen molar-refractivity contribution in [1.29, 1.82) is 0 Å². The lowest BCUT2D eigenvalue weighted by Crippen LogP contribution is -2.18. The van der Waals surface area contributed by atoms with Crippen molar-refractivity contribution in [2.45, 2.75) is 26.0 Å². The van der Waals surface area contributed by atoms with Crippen molar-refractivity contribution in [1.82, 2.24) is 4.90 Å². The number of nitrogens with zero attached hydrogens (tertiary/aromatic N) is 1. The molecule has 0 saturated carbocycles. The summed E-state index contributed by atoms with van der Waals surface area (Å²) < 4.78 is 0. The minimum Gasteiger partial charge on any atom is -0.388 e. The van der Waals surface area contributed by atoms with Crippen molar-refractivity contribution >= 4 is 0 Å². The first-order valence-corrected chi connectivity index (χ1v) is 9.27. The molecule has 0 aromatic heterocycles. The van der Waals surface area contributed by atoms with Crippen molar-refractivity contribution in [3.8, 4) is 0 Å². The van der Waals surface area contributed by atoms with E-state index in [2.05, 4.69) is 66.5 Å². The molecule has 0 spiro atoms. The summed E-state index contributed by atoms with van der Waals surface area (Å²) in [5.74, 6) is 0. The van der Waals surface area contributed by atoms with Crippen LogP contribution in [0.2, 0.25) is 0 Å². The zero-order chi connectivity index (χ0) is 18.2. The number of aliphatic hydroxyl groups is 1. The summed E-state index contributed by atoms with van der Waals surface area (Å²) in [5.41, 5.74) is 5.09. The van der Waals surface area contributed by atoms with Gasteiger partial charge in [-0.25, -0.2) is 0 Å². The summed E-state index contributed by atoms with van der Waals surface area (Å²) in [7, 11) is 0. The SMILES string of the molecule is C\C=C1/CN(Cc2ccccc2)C/C1=C\C=C\CC(O)c1ccccc1. The minimum atomic E-state index is -0.440. The molecular formula is C24H27NO. The van der Waals surface area contributed by atoms with E-state index in [0.717, 1.165) is 25.2 Å². The number of aliphatic hydroxyl groups excluding tert-OH is 1. The van der Waals surface area contributed by atoms with E-state index in [4.69, 9.17) is 0 Å². The van der Waals surface area contributed by atoms with Crippen LogP contribution in [0.5, 0.6) is 0 Å².